The SMILES string of the molecule is Cc1cc2[nH]c(=O)[nH]c2c(NC(=O)c2cc(C#N)c[nH]2)c1C. The van der Waals surface area contributed by atoms with E-state index < -0.39 is 0 Å². The van der Waals surface area contributed by atoms with Crippen LogP contribution in [-0.4, -0.2) is 20.9 Å². The van der Waals surface area contributed by atoms with Gasteiger partial charge in [0.1, 0.15) is 11.8 Å². The normalized spacial score (nSPS) is 10.6. The van der Waals surface area contributed by atoms with Crippen molar-refractivity contribution in [3.8, 4) is 6.07 Å². The van der Waals surface area contributed by atoms with E-state index in [0.717, 1.165) is 11.1 Å². The van der Waals surface area contributed by atoms with E-state index in [1.54, 1.807) is 0 Å². The number of nitriles is 1. The Balaban J connectivity index is 2.06. The van der Waals surface area contributed by atoms with Crippen LogP contribution in [0.4, 0.5) is 5.69 Å². The maximum atomic E-state index is 12.3. The van der Waals surface area contributed by atoms with Crippen molar-refractivity contribution in [3.63, 3.8) is 0 Å². The molecule has 0 fully saturated rings. The number of H-pyrrole nitrogens is 3. The Bertz CT molecular complexity index is 984. The Kier molecular flexibility index (Phi) is 3.07. The number of hydrogen-bond donors (Lipinski definition) is 4. The molecule has 3 aromatic rings. The van der Waals surface area contributed by atoms with Crippen molar-refractivity contribution in [2.75, 3.05) is 5.32 Å². The number of fused-ring (bicyclic) bond motifs is 1. The van der Waals surface area contributed by atoms with Crippen LogP contribution in [0.25, 0.3) is 11.0 Å². The Morgan fingerprint density at radius 3 is 2.73 bits per heavy atom. The Morgan fingerprint density at radius 2 is 2.05 bits per heavy atom. The molecule has 0 spiro atoms. The highest BCUT2D eigenvalue weighted by molar-refractivity contribution is 6.08. The van der Waals surface area contributed by atoms with Crippen molar-refractivity contribution in [1.82, 2.24) is 15.0 Å². The summed E-state index contributed by atoms with van der Waals surface area (Å²) in [6.07, 6.45) is 1.46. The van der Waals surface area contributed by atoms with Crippen LogP contribution in [0.5, 0.6) is 0 Å². The van der Waals surface area contributed by atoms with Crippen LogP contribution in [0.2, 0.25) is 0 Å². The van der Waals surface area contributed by atoms with Gasteiger partial charge in [-0.2, -0.15) is 5.26 Å². The van der Waals surface area contributed by atoms with Crippen LogP contribution in [-0.2, 0) is 0 Å². The zero-order valence-corrected chi connectivity index (χ0v) is 12.0. The van der Waals surface area contributed by atoms with Gasteiger partial charge in [0.05, 0.1) is 22.3 Å². The van der Waals surface area contributed by atoms with Crippen molar-refractivity contribution in [2.45, 2.75) is 13.8 Å². The molecule has 110 valence electrons. The first-order valence-corrected chi connectivity index (χ1v) is 6.61. The quantitative estimate of drug-likeness (QED) is 0.578. The van der Waals surface area contributed by atoms with Gasteiger partial charge in [0.2, 0.25) is 0 Å². The average Bonchev–Trinajstić information content (AvgIpc) is 3.09. The second kappa shape index (κ2) is 4.93. The van der Waals surface area contributed by atoms with E-state index in [9.17, 15) is 9.59 Å². The van der Waals surface area contributed by atoms with Gasteiger partial charge < -0.3 is 20.3 Å². The van der Waals surface area contributed by atoms with Gasteiger partial charge >= 0.3 is 5.69 Å². The van der Waals surface area contributed by atoms with Crippen LogP contribution in [0.1, 0.15) is 27.2 Å². The molecule has 0 aliphatic carbocycles. The number of nitrogens with zero attached hydrogens (tertiary/aromatic N) is 1. The number of anilines is 1. The number of carbonyl (C=O) groups excluding carboxylic acids is 1. The van der Waals surface area contributed by atoms with Crippen molar-refractivity contribution in [3.05, 3.63) is 51.2 Å². The summed E-state index contributed by atoms with van der Waals surface area (Å²) in [6.45, 7) is 3.77. The molecule has 0 atom stereocenters. The first kappa shape index (κ1) is 13.7. The largest absolute Gasteiger partial charge is 0.356 e. The lowest BCUT2D eigenvalue weighted by Crippen LogP contribution is -2.14. The molecular formula is C15H13N5O2. The van der Waals surface area contributed by atoms with E-state index in [1.807, 2.05) is 26.0 Å². The summed E-state index contributed by atoms with van der Waals surface area (Å²) in [5.74, 6) is -0.376. The van der Waals surface area contributed by atoms with Crippen LogP contribution >= 0.6 is 0 Å². The second-order valence-electron chi connectivity index (χ2n) is 5.06. The number of aromatic nitrogens is 3. The fourth-order valence-electron chi connectivity index (χ4n) is 2.34. The highest BCUT2D eigenvalue weighted by atomic mass is 16.2. The van der Waals surface area contributed by atoms with E-state index in [0.29, 0.717) is 22.3 Å². The Hall–Kier alpha value is -3.27. The lowest BCUT2D eigenvalue weighted by Gasteiger charge is -2.11. The number of imidazole rings is 1. The van der Waals surface area contributed by atoms with Crippen LogP contribution < -0.4 is 11.0 Å². The highest BCUT2D eigenvalue weighted by Crippen LogP contribution is 2.27. The lowest BCUT2D eigenvalue weighted by molar-refractivity contribution is 0.102. The van der Waals surface area contributed by atoms with Gasteiger partial charge in [-0.3, -0.25) is 4.79 Å². The van der Waals surface area contributed by atoms with E-state index in [4.69, 9.17) is 5.26 Å². The molecule has 22 heavy (non-hydrogen) atoms. The van der Waals surface area contributed by atoms with Crippen molar-refractivity contribution >= 4 is 22.6 Å². The molecule has 2 aromatic heterocycles. The molecular weight excluding hydrogens is 282 g/mol. The molecule has 7 nitrogen and oxygen atoms in total. The van der Waals surface area contributed by atoms with Crippen LogP contribution in [0.3, 0.4) is 0 Å². The predicted molar refractivity (Wildman–Crippen MR) is 81.9 cm³/mol. The molecule has 0 radical (unpaired) electrons. The third-order valence-electron chi connectivity index (χ3n) is 3.63. The minimum atomic E-state index is -0.376. The van der Waals surface area contributed by atoms with E-state index in [1.165, 1.54) is 12.3 Å². The topological polar surface area (TPSA) is 117 Å². The molecule has 1 amide bonds. The van der Waals surface area contributed by atoms with E-state index >= 15 is 0 Å². The molecule has 0 saturated heterocycles. The summed E-state index contributed by atoms with van der Waals surface area (Å²) < 4.78 is 0. The summed E-state index contributed by atoms with van der Waals surface area (Å²) >= 11 is 0. The first-order chi connectivity index (χ1) is 10.5. The number of aromatic amines is 3. The van der Waals surface area contributed by atoms with Crippen molar-refractivity contribution < 1.29 is 4.79 Å². The molecule has 0 saturated carbocycles. The van der Waals surface area contributed by atoms with Gasteiger partial charge in [0.25, 0.3) is 5.91 Å². The smallest absolute Gasteiger partial charge is 0.323 e. The Labute approximate surface area is 125 Å². The van der Waals surface area contributed by atoms with Gasteiger partial charge in [0.15, 0.2) is 0 Å². The number of carbonyl (C=O) groups is 1. The summed E-state index contributed by atoms with van der Waals surface area (Å²) in [6, 6.07) is 5.27. The van der Waals surface area contributed by atoms with E-state index in [-0.39, 0.29) is 17.3 Å². The monoisotopic (exact) mass is 295 g/mol. The van der Waals surface area contributed by atoms with Gasteiger partial charge in [-0.05, 0) is 37.1 Å². The number of benzene rings is 1. The lowest BCUT2D eigenvalue weighted by atomic mass is 10.1. The average molecular weight is 295 g/mol. The van der Waals surface area contributed by atoms with Crippen LogP contribution in [0.15, 0.2) is 23.1 Å². The minimum Gasteiger partial charge on any atom is -0.356 e. The fourth-order valence-corrected chi connectivity index (χ4v) is 2.34. The first-order valence-electron chi connectivity index (χ1n) is 6.61. The third-order valence-corrected chi connectivity index (χ3v) is 3.63. The van der Waals surface area contributed by atoms with Gasteiger partial charge in [-0.1, -0.05) is 0 Å². The molecule has 0 bridgehead atoms. The number of nitrogens with one attached hydrogen (secondary N) is 4. The molecule has 2 heterocycles. The number of aryl methyl sites for hydroxylation is 1. The maximum absolute atomic E-state index is 12.3. The standard InChI is InChI=1S/C15H13N5O2/c1-7-3-10-13(20-15(22)18-10)12(8(7)2)19-14(21)11-4-9(5-16)6-17-11/h3-4,6,17H,1-2H3,(H,19,21)(H2,18,20,22). The van der Waals surface area contributed by atoms with E-state index in [2.05, 4.69) is 20.3 Å². The summed E-state index contributed by atoms with van der Waals surface area (Å²) in [7, 11) is 0. The predicted octanol–water partition coefficient (Wildman–Crippen LogP) is 1.93. The molecule has 0 aliphatic heterocycles. The summed E-state index contributed by atoms with van der Waals surface area (Å²) in [5, 5.41) is 11.6. The third kappa shape index (κ3) is 2.16. The van der Waals surface area contributed by atoms with Crippen molar-refractivity contribution in [1.29, 1.82) is 5.26 Å². The second-order valence-corrected chi connectivity index (χ2v) is 5.06. The maximum Gasteiger partial charge on any atom is 0.323 e. The minimum absolute atomic E-state index is 0.281. The molecule has 7 heteroatoms. The number of amides is 1. The summed E-state index contributed by atoms with van der Waals surface area (Å²) in [4.78, 5) is 31.9. The molecule has 0 unspecified atom stereocenters. The molecule has 4 N–H and O–H groups in total. The van der Waals surface area contributed by atoms with Crippen LogP contribution in [0, 0.1) is 25.2 Å². The molecule has 1 aromatic carbocycles. The van der Waals surface area contributed by atoms with Crippen molar-refractivity contribution in [2.24, 2.45) is 0 Å². The Morgan fingerprint density at radius 1 is 1.27 bits per heavy atom. The number of rotatable bonds is 2. The molecule has 3 rings (SSSR count). The fraction of sp³-hybridized carbons (Fsp3) is 0.133. The highest BCUT2D eigenvalue weighted by Gasteiger charge is 2.15. The van der Waals surface area contributed by atoms with Gasteiger partial charge in [0, 0.05) is 6.20 Å². The zero-order valence-electron chi connectivity index (χ0n) is 12.0. The zero-order chi connectivity index (χ0) is 15.9. The van der Waals surface area contributed by atoms with Gasteiger partial charge in [-0.15, -0.1) is 0 Å². The molecule has 0 aliphatic rings. The van der Waals surface area contributed by atoms with Gasteiger partial charge in [-0.25, -0.2) is 4.79 Å². The summed E-state index contributed by atoms with van der Waals surface area (Å²) in [5.41, 5.74) is 3.87. The number of hydrogen-bond acceptors (Lipinski definition) is 3.